The van der Waals surface area contributed by atoms with Crippen LogP contribution >= 0.6 is 0 Å². The average Bonchev–Trinajstić information content (AvgIpc) is 2.84. The second kappa shape index (κ2) is 13.1. The van der Waals surface area contributed by atoms with Crippen molar-refractivity contribution in [2.24, 2.45) is 0 Å². The van der Waals surface area contributed by atoms with E-state index in [9.17, 15) is 0 Å². The molecular formula is C27H33NO4. The molecule has 170 valence electrons. The summed E-state index contributed by atoms with van der Waals surface area (Å²) in [6, 6.07) is 30.7. The van der Waals surface area contributed by atoms with Gasteiger partial charge in [0.2, 0.25) is 0 Å². The molecule has 32 heavy (non-hydrogen) atoms. The molecule has 0 radical (unpaired) electrons. The SMILES string of the molecule is N.c1ccc(COC[C@H]2OCC[C@@H](OCc3ccccc3)[C@H]2OCc2ccccc2)cc1. The fraction of sp³-hybridized carbons (Fsp3) is 0.333. The standard InChI is InChI=1S/C27H30O4.H3N/c1-4-10-22(11-5-1)18-28-21-26-27(31-20-24-14-8-3-9-15-24)25(16-17-29-26)30-19-23-12-6-2-7-13-23;/h1-15,25-27H,16-21H2;1H3/t25-,26-,27-;/m1./s1. The molecule has 0 unspecified atom stereocenters. The van der Waals surface area contributed by atoms with E-state index in [-0.39, 0.29) is 24.5 Å². The van der Waals surface area contributed by atoms with Gasteiger partial charge in [0.15, 0.2) is 0 Å². The van der Waals surface area contributed by atoms with Crippen LogP contribution in [0.2, 0.25) is 0 Å². The van der Waals surface area contributed by atoms with Gasteiger partial charge in [-0.05, 0) is 23.1 Å². The second-order valence-electron chi connectivity index (χ2n) is 7.79. The van der Waals surface area contributed by atoms with Crippen molar-refractivity contribution in [2.75, 3.05) is 13.2 Å². The molecule has 0 aliphatic carbocycles. The summed E-state index contributed by atoms with van der Waals surface area (Å²) in [5.74, 6) is 0. The summed E-state index contributed by atoms with van der Waals surface area (Å²) in [5.41, 5.74) is 3.45. The van der Waals surface area contributed by atoms with Crippen LogP contribution in [0.25, 0.3) is 0 Å². The molecular weight excluding hydrogens is 402 g/mol. The van der Waals surface area contributed by atoms with Gasteiger partial charge in [-0.25, -0.2) is 0 Å². The Labute approximate surface area is 190 Å². The summed E-state index contributed by atoms with van der Waals surface area (Å²) >= 11 is 0. The third-order valence-corrected chi connectivity index (χ3v) is 5.45. The van der Waals surface area contributed by atoms with Gasteiger partial charge >= 0.3 is 0 Å². The van der Waals surface area contributed by atoms with Crippen LogP contribution in [0.15, 0.2) is 91.0 Å². The Morgan fingerprint density at radius 2 is 1.16 bits per heavy atom. The van der Waals surface area contributed by atoms with Crippen molar-refractivity contribution in [1.29, 1.82) is 0 Å². The van der Waals surface area contributed by atoms with Gasteiger partial charge in [0.1, 0.15) is 12.2 Å². The maximum absolute atomic E-state index is 6.36. The van der Waals surface area contributed by atoms with E-state index in [4.69, 9.17) is 18.9 Å². The van der Waals surface area contributed by atoms with Crippen LogP contribution in [0.3, 0.4) is 0 Å². The minimum absolute atomic E-state index is 0. The highest BCUT2D eigenvalue weighted by molar-refractivity contribution is 5.15. The smallest absolute Gasteiger partial charge is 0.113 e. The maximum atomic E-state index is 6.36. The van der Waals surface area contributed by atoms with E-state index in [2.05, 4.69) is 36.4 Å². The Kier molecular flexibility index (Phi) is 9.88. The molecule has 1 saturated heterocycles. The number of rotatable bonds is 10. The number of hydrogen-bond acceptors (Lipinski definition) is 5. The normalized spacial score (nSPS) is 20.4. The third-order valence-electron chi connectivity index (χ3n) is 5.45. The first-order valence-electron chi connectivity index (χ1n) is 10.9. The van der Waals surface area contributed by atoms with Gasteiger partial charge in [-0.15, -0.1) is 0 Å². The Bertz CT molecular complexity index is 876. The summed E-state index contributed by atoms with van der Waals surface area (Å²) < 4.78 is 24.7. The van der Waals surface area contributed by atoms with Crippen LogP contribution in [0.5, 0.6) is 0 Å². The first-order valence-corrected chi connectivity index (χ1v) is 10.9. The molecule has 0 aromatic heterocycles. The Morgan fingerprint density at radius 3 is 1.72 bits per heavy atom. The van der Waals surface area contributed by atoms with E-state index >= 15 is 0 Å². The summed E-state index contributed by atoms with van der Waals surface area (Å²) in [5, 5.41) is 0. The van der Waals surface area contributed by atoms with Gasteiger partial charge in [0.25, 0.3) is 0 Å². The largest absolute Gasteiger partial charge is 0.374 e. The lowest BCUT2D eigenvalue weighted by Gasteiger charge is -2.37. The van der Waals surface area contributed by atoms with E-state index in [0.717, 1.165) is 23.1 Å². The molecule has 0 amide bonds. The van der Waals surface area contributed by atoms with E-state index < -0.39 is 0 Å². The van der Waals surface area contributed by atoms with Gasteiger partial charge < -0.3 is 25.1 Å². The second-order valence-corrected chi connectivity index (χ2v) is 7.79. The van der Waals surface area contributed by atoms with Crippen molar-refractivity contribution in [2.45, 2.75) is 44.6 Å². The zero-order valence-corrected chi connectivity index (χ0v) is 18.5. The van der Waals surface area contributed by atoms with Gasteiger partial charge in [0.05, 0.1) is 32.5 Å². The fourth-order valence-corrected chi connectivity index (χ4v) is 3.78. The number of ether oxygens (including phenoxy) is 4. The zero-order valence-electron chi connectivity index (χ0n) is 18.5. The van der Waals surface area contributed by atoms with Crippen LogP contribution in [0.1, 0.15) is 23.1 Å². The fourth-order valence-electron chi connectivity index (χ4n) is 3.78. The topological polar surface area (TPSA) is 71.9 Å². The van der Waals surface area contributed by atoms with Crippen LogP contribution in [0, 0.1) is 0 Å². The van der Waals surface area contributed by atoms with Crippen LogP contribution in [0.4, 0.5) is 0 Å². The van der Waals surface area contributed by atoms with Crippen LogP contribution < -0.4 is 6.15 Å². The molecule has 1 heterocycles. The van der Waals surface area contributed by atoms with Gasteiger partial charge in [0, 0.05) is 6.61 Å². The lowest BCUT2D eigenvalue weighted by atomic mass is 10.0. The highest BCUT2D eigenvalue weighted by Crippen LogP contribution is 2.24. The highest BCUT2D eigenvalue weighted by Gasteiger charge is 2.36. The number of benzene rings is 3. The summed E-state index contributed by atoms with van der Waals surface area (Å²) in [4.78, 5) is 0. The van der Waals surface area contributed by atoms with E-state index in [1.54, 1.807) is 0 Å². The minimum atomic E-state index is -0.187. The van der Waals surface area contributed by atoms with Gasteiger partial charge in [-0.3, -0.25) is 0 Å². The predicted molar refractivity (Wildman–Crippen MR) is 126 cm³/mol. The molecule has 5 heteroatoms. The Hall–Kier alpha value is -2.54. The van der Waals surface area contributed by atoms with Crippen molar-refractivity contribution >= 4 is 0 Å². The van der Waals surface area contributed by atoms with Crippen molar-refractivity contribution in [3.05, 3.63) is 108 Å². The monoisotopic (exact) mass is 435 g/mol. The van der Waals surface area contributed by atoms with E-state index in [1.807, 2.05) is 54.6 Å². The molecule has 3 aromatic carbocycles. The van der Waals surface area contributed by atoms with E-state index in [0.29, 0.717) is 33.0 Å². The van der Waals surface area contributed by atoms with Crippen LogP contribution in [-0.4, -0.2) is 31.5 Å². The molecule has 0 bridgehead atoms. The highest BCUT2D eigenvalue weighted by atomic mass is 16.6. The Morgan fingerprint density at radius 1 is 0.656 bits per heavy atom. The minimum Gasteiger partial charge on any atom is -0.374 e. The number of hydrogen-bond donors (Lipinski definition) is 1. The molecule has 4 rings (SSSR count). The summed E-state index contributed by atoms with van der Waals surface area (Å²) in [6.07, 6.45) is 0.417. The van der Waals surface area contributed by atoms with Crippen molar-refractivity contribution in [3.8, 4) is 0 Å². The van der Waals surface area contributed by atoms with Crippen LogP contribution in [-0.2, 0) is 38.8 Å². The molecule has 1 aliphatic rings. The predicted octanol–water partition coefficient (Wildman–Crippen LogP) is 5.32. The van der Waals surface area contributed by atoms with Gasteiger partial charge in [-0.2, -0.15) is 0 Å². The van der Waals surface area contributed by atoms with E-state index in [1.165, 1.54) is 0 Å². The quantitative estimate of drug-likeness (QED) is 0.466. The first-order chi connectivity index (χ1) is 15.4. The molecule has 0 saturated carbocycles. The molecule has 0 spiro atoms. The molecule has 3 atom stereocenters. The first kappa shape index (κ1) is 24.1. The van der Waals surface area contributed by atoms with Crippen molar-refractivity contribution in [1.82, 2.24) is 6.15 Å². The lowest BCUT2D eigenvalue weighted by Crippen LogP contribution is -2.49. The van der Waals surface area contributed by atoms with Gasteiger partial charge in [-0.1, -0.05) is 91.0 Å². The lowest BCUT2D eigenvalue weighted by molar-refractivity contribution is -0.197. The average molecular weight is 436 g/mol. The van der Waals surface area contributed by atoms with Crippen molar-refractivity contribution < 1.29 is 18.9 Å². The third kappa shape index (κ3) is 7.26. The maximum Gasteiger partial charge on any atom is 0.113 e. The summed E-state index contributed by atoms with van der Waals surface area (Å²) in [6.45, 7) is 2.76. The van der Waals surface area contributed by atoms with Crippen molar-refractivity contribution in [3.63, 3.8) is 0 Å². The zero-order chi connectivity index (χ0) is 21.1. The molecule has 3 aromatic rings. The molecule has 1 fully saturated rings. The molecule has 1 aliphatic heterocycles. The molecule has 3 N–H and O–H groups in total. The summed E-state index contributed by atoms with van der Waals surface area (Å²) in [7, 11) is 0. The Balaban J connectivity index is 0.00000289. The molecule has 5 nitrogen and oxygen atoms in total.